The summed E-state index contributed by atoms with van der Waals surface area (Å²) >= 11 is 0. The number of carbonyl (C=O) groups is 2. The number of carbonyl (C=O) groups excluding carboxylic acids is 2. The van der Waals surface area contributed by atoms with Gasteiger partial charge in [0.25, 0.3) is 0 Å². The van der Waals surface area contributed by atoms with Crippen molar-refractivity contribution in [2.45, 2.75) is 12.8 Å². The quantitative estimate of drug-likeness (QED) is 0.758. The van der Waals surface area contributed by atoms with E-state index in [0.717, 1.165) is 11.3 Å². The second-order valence-electron chi connectivity index (χ2n) is 5.37. The van der Waals surface area contributed by atoms with Gasteiger partial charge in [-0.3, -0.25) is 9.59 Å². The van der Waals surface area contributed by atoms with Crippen molar-refractivity contribution in [1.82, 2.24) is 5.32 Å². The SMILES string of the molecule is COc1ccc(CCNC(=O)CC(=O)Nc2cccc(C#N)c2)cc1. The Morgan fingerprint density at radius 3 is 2.56 bits per heavy atom. The van der Waals surface area contributed by atoms with Gasteiger partial charge >= 0.3 is 0 Å². The lowest BCUT2D eigenvalue weighted by atomic mass is 10.1. The Morgan fingerprint density at radius 2 is 1.88 bits per heavy atom. The van der Waals surface area contributed by atoms with Crippen LogP contribution < -0.4 is 15.4 Å². The molecule has 2 aromatic carbocycles. The Bertz CT molecular complexity index is 779. The average Bonchev–Trinajstić information content (AvgIpc) is 2.62. The van der Waals surface area contributed by atoms with E-state index >= 15 is 0 Å². The van der Waals surface area contributed by atoms with E-state index in [1.54, 1.807) is 31.4 Å². The number of benzene rings is 2. The fourth-order valence-electron chi connectivity index (χ4n) is 2.22. The minimum Gasteiger partial charge on any atom is -0.497 e. The lowest BCUT2D eigenvalue weighted by Gasteiger charge is -2.07. The molecule has 0 aliphatic heterocycles. The monoisotopic (exact) mass is 337 g/mol. The third-order valence-electron chi connectivity index (χ3n) is 3.49. The molecule has 6 heteroatoms. The van der Waals surface area contributed by atoms with Crippen LogP contribution in [0.15, 0.2) is 48.5 Å². The summed E-state index contributed by atoms with van der Waals surface area (Å²) in [6.07, 6.45) is 0.404. The van der Waals surface area contributed by atoms with Crippen LogP contribution in [0.2, 0.25) is 0 Å². The molecule has 2 amide bonds. The van der Waals surface area contributed by atoms with Gasteiger partial charge in [-0.1, -0.05) is 18.2 Å². The van der Waals surface area contributed by atoms with E-state index in [1.165, 1.54) is 0 Å². The first-order chi connectivity index (χ1) is 12.1. The van der Waals surface area contributed by atoms with Crippen LogP contribution in [0.4, 0.5) is 5.69 Å². The Hall–Kier alpha value is -3.33. The molecule has 0 heterocycles. The van der Waals surface area contributed by atoms with Crippen LogP contribution in [0.1, 0.15) is 17.5 Å². The minimum atomic E-state index is -0.419. The van der Waals surface area contributed by atoms with Crippen LogP contribution in [-0.2, 0) is 16.0 Å². The zero-order chi connectivity index (χ0) is 18.1. The highest BCUT2D eigenvalue weighted by Crippen LogP contribution is 2.11. The zero-order valence-corrected chi connectivity index (χ0v) is 13.9. The number of hydrogen-bond acceptors (Lipinski definition) is 4. The van der Waals surface area contributed by atoms with Crippen LogP contribution in [0.3, 0.4) is 0 Å². The molecule has 6 nitrogen and oxygen atoms in total. The molecule has 0 bridgehead atoms. The van der Waals surface area contributed by atoms with Crippen molar-refractivity contribution in [3.05, 3.63) is 59.7 Å². The Kier molecular flexibility index (Phi) is 6.55. The minimum absolute atomic E-state index is 0.264. The molecule has 2 N–H and O–H groups in total. The van der Waals surface area contributed by atoms with Gasteiger partial charge in [0.2, 0.25) is 11.8 Å². The lowest BCUT2D eigenvalue weighted by Crippen LogP contribution is -2.29. The molecular weight excluding hydrogens is 318 g/mol. The number of nitrogens with one attached hydrogen (secondary N) is 2. The Labute approximate surface area is 146 Å². The molecular formula is C19H19N3O3. The molecule has 25 heavy (non-hydrogen) atoms. The maximum atomic E-state index is 11.9. The second kappa shape index (κ2) is 9.08. The van der Waals surface area contributed by atoms with Crippen molar-refractivity contribution in [2.24, 2.45) is 0 Å². The smallest absolute Gasteiger partial charge is 0.233 e. The van der Waals surface area contributed by atoms with E-state index < -0.39 is 5.91 Å². The first-order valence-corrected chi connectivity index (χ1v) is 7.80. The summed E-state index contributed by atoms with van der Waals surface area (Å²) < 4.78 is 5.09. The van der Waals surface area contributed by atoms with Crippen molar-refractivity contribution in [3.63, 3.8) is 0 Å². The maximum Gasteiger partial charge on any atom is 0.233 e. The van der Waals surface area contributed by atoms with Gasteiger partial charge in [0.15, 0.2) is 0 Å². The fourth-order valence-corrected chi connectivity index (χ4v) is 2.22. The molecule has 0 atom stereocenters. The van der Waals surface area contributed by atoms with Gasteiger partial charge < -0.3 is 15.4 Å². The summed E-state index contributed by atoms with van der Waals surface area (Å²) in [6.45, 7) is 0.447. The molecule has 128 valence electrons. The van der Waals surface area contributed by atoms with Gasteiger partial charge in [-0.2, -0.15) is 5.26 Å². The topological polar surface area (TPSA) is 91.2 Å². The molecule has 0 saturated heterocycles. The lowest BCUT2D eigenvalue weighted by molar-refractivity contribution is -0.126. The van der Waals surface area contributed by atoms with Gasteiger partial charge in [0, 0.05) is 12.2 Å². The number of hydrogen-bond donors (Lipinski definition) is 2. The van der Waals surface area contributed by atoms with Crippen molar-refractivity contribution < 1.29 is 14.3 Å². The van der Waals surface area contributed by atoms with Crippen molar-refractivity contribution >= 4 is 17.5 Å². The second-order valence-corrected chi connectivity index (χ2v) is 5.37. The van der Waals surface area contributed by atoms with Crippen LogP contribution in [0, 0.1) is 11.3 Å². The standard InChI is InChI=1S/C19H19N3O3/c1-25-17-7-5-14(6-8-17)9-10-21-18(23)12-19(24)22-16-4-2-3-15(11-16)13-20/h2-8,11H,9-10,12H2,1H3,(H,21,23)(H,22,24). The molecule has 2 aromatic rings. The van der Waals surface area contributed by atoms with Crippen molar-refractivity contribution in [3.8, 4) is 11.8 Å². The highest BCUT2D eigenvalue weighted by Gasteiger charge is 2.09. The predicted molar refractivity (Wildman–Crippen MR) is 94.1 cm³/mol. The summed E-state index contributed by atoms with van der Waals surface area (Å²) in [5.74, 6) is 0.0180. The van der Waals surface area contributed by atoms with E-state index in [0.29, 0.717) is 24.2 Å². The van der Waals surface area contributed by atoms with Crippen molar-refractivity contribution in [2.75, 3.05) is 19.0 Å². The molecule has 0 radical (unpaired) electrons. The van der Waals surface area contributed by atoms with Gasteiger partial charge in [-0.05, 0) is 42.3 Å². The molecule has 0 unspecified atom stereocenters. The number of ether oxygens (including phenoxy) is 1. The summed E-state index contributed by atoms with van der Waals surface area (Å²) in [5, 5.41) is 14.1. The molecule has 0 fully saturated rings. The molecule has 2 rings (SSSR count). The highest BCUT2D eigenvalue weighted by atomic mass is 16.5. The van der Waals surface area contributed by atoms with Gasteiger partial charge in [0.1, 0.15) is 12.2 Å². The van der Waals surface area contributed by atoms with Gasteiger partial charge in [-0.15, -0.1) is 0 Å². The van der Waals surface area contributed by atoms with Crippen LogP contribution in [-0.4, -0.2) is 25.5 Å². The Morgan fingerprint density at radius 1 is 1.12 bits per heavy atom. The van der Waals surface area contributed by atoms with Crippen LogP contribution >= 0.6 is 0 Å². The third kappa shape index (κ3) is 5.99. The van der Waals surface area contributed by atoms with E-state index in [4.69, 9.17) is 10.00 Å². The molecule has 0 aromatic heterocycles. The van der Waals surface area contributed by atoms with E-state index in [9.17, 15) is 9.59 Å². The number of nitriles is 1. The number of methoxy groups -OCH3 is 1. The number of nitrogens with zero attached hydrogens (tertiary/aromatic N) is 1. The first-order valence-electron chi connectivity index (χ1n) is 7.80. The highest BCUT2D eigenvalue weighted by molar-refractivity contribution is 6.03. The van der Waals surface area contributed by atoms with E-state index in [1.807, 2.05) is 30.3 Å². The summed E-state index contributed by atoms with van der Waals surface area (Å²) in [5.41, 5.74) is 2.01. The molecule has 0 spiro atoms. The average molecular weight is 337 g/mol. The number of anilines is 1. The largest absolute Gasteiger partial charge is 0.497 e. The number of rotatable bonds is 7. The summed E-state index contributed by atoms with van der Waals surface area (Å²) in [7, 11) is 1.61. The molecule has 0 aliphatic rings. The number of amides is 2. The summed E-state index contributed by atoms with van der Waals surface area (Å²) in [4.78, 5) is 23.7. The van der Waals surface area contributed by atoms with Crippen LogP contribution in [0.25, 0.3) is 0 Å². The van der Waals surface area contributed by atoms with E-state index in [2.05, 4.69) is 10.6 Å². The molecule has 0 aliphatic carbocycles. The normalized spacial score (nSPS) is 9.76. The zero-order valence-electron chi connectivity index (χ0n) is 13.9. The van der Waals surface area contributed by atoms with E-state index in [-0.39, 0.29) is 12.3 Å². The van der Waals surface area contributed by atoms with Gasteiger partial charge in [0.05, 0.1) is 18.7 Å². The van der Waals surface area contributed by atoms with Gasteiger partial charge in [-0.25, -0.2) is 0 Å². The summed E-state index contributed by atoms with van der Waals surface area (Å²) in [6, 6.07) is 16.1. The maximum absolute atomic E-state index is 11.9. The first kappa shape index (κ1) is 18.0. The Balaban J connectivity index is 1.73. The van der Waals surface area contributed by atoms with Crippen molar-refractivity contribution in [1.29, 1.82) is 5.26 Å². The molecule has 0 saturated carbocycles. The fraction of sp³-hybridized carbons (Fsp3) is 0.211. The van der Waals surface area contributed by atoms with Crippen LogP contribution in [0.5, 0.6) is 5.75 Å². The predicted octanol–water partition coefficient (Wildman–Crippen LogP) is 2.25. The third-order valence-corrected chi connectivity index (χ3v) is 3.49.